The van der Waals surface area contributed by atoms with Crippen LogP contribution < -0.4 is 0 Å². The van der Waals surface area contributed by atoms with Crippen LogP contribution in [-0.2, 0) is 0 Å². The highest BCUT2D eigenvalue weighted by molar-refractivity contribution is 6.46. The molecule has 0 heterocycles. The van der Waals surface area contributed by atoms with Gasteiger partial charge in [-0.2, -0.15) is 0 Å². The molecule has 0 unspecified atom stereocenters. The maximum atomic E-state index is 2.55. The molecule has 0 saturated carbocycles. The Morgan fingerprint density at radius 1 is 0.210 bits per heavy atom. The Labute approximate surface area is 361 Å². The molecular weight excluding hydrogens is 745 g/mol. The van der Waals surface area contributed by atoms with Crippen LogP contribution in [0.3, 0.4) is 0 Å². The molecule has 0 aliphatic rings. The average Bonchev–Trinajstić information content (AvgIpc) is 3.79. The van der Waals surface area contributed by atoms with Crippen LogP contribution in [0, 0.1) is 27.7 Å². The van der Waals surface area contributed by atoms with Crippen molar-refractivity contribution in [3.8, 4) is 44.5 Å². The van der Waals surface area contributed by atoms with E-state index in [0.29, 0.717) is 0 Å². The molecule has 0 spiro atoms. The maximum Gasteiger partial charge on any atom is -0.000697 e. The number of aryl methyl sites for hydroxylation is 4. The summed E-state index contributed by atoms with van der Waals surface area (Å²) in [6.45, 7) is 8.93. The molecule has 290 valence electrons. The predicted octanol–water partition coefficient (Wildman–Crippen LogP) is 17.7. The number of rotatable bonds is 4. The van der Waals surface area contributed by atoms with E-state index < -0.39 is 0 Å². The average molecular weight is 787 g/mol. The summed E-state index contributed by atoms with van der Waals surface area (Å²) in [5.74, 6) is 0. The van der Waals surface area contributed by atoms with Crippen molar-refractivity contribution in [2.24, 2.45) is 0 Å². The Kier molecular flexibility index (Phi) is 7.38. The van der Waals surface area contributed by atoms with E-state index in [4.69, 9.17) is 0 Å². The number of hydrogen-bond acceptors (Lipinski definition) is 0. The Morgan fingerprint density at radius 2 is 0.694 bits per heavy atom. The summed E-state index contributed by atoms with van der Waals surface area (Å²) in [5, 5.41) is 21.1. The fourth-order valence-corrected chi connectivity index (χ4v) is 11.7. The first-order valence-electron chi connectivity index (χ1n) is 21.9. The highest BCUT2D eigenvalue weighted by atomic mass is 14.3. The van der Waals surface area contributed by atoms with Crippen LogP contribution in [0.4, 0.5) is 0 Å². The number of fused-ring (bicyclic) bond motifs is 10. The van der Waals surface area contributed by atoms with Crippen molar-refractivity contribution in [3.05, 3.63) is 204 Å². The van der Waals surface area contributed by atoms with Gasteiger partial charge in [-0.1, -0.05) is 158 Å². The molecule has 13 aromatic carbocycles. The number of benzene rings is 11. The first kappa shape index (κ1) is 35.2. The van der Waals surface area contributed by atoms with E-state index in [0.717, 1.165) is 0 Å². The maximum absolute atomic E-state index is 2.55. The van der Waals surface area contributed by atoms with Gasteiger partial charge in [-0.3, -0.25) is 0 Å². The molecule has 0 nitrogen and oxygen atoms in total. The van der Waals surface area contributed by atoms with Crippen LogP contribution in [0.15, 0.2) is 182 Å². The monoisotopic (exact) mass is 786 g/mol. The topological polar surface area (TPSA) is 0 Å². The van der Waals surface area contributed by atoms with E-state index in [1.807, 2.05) is 0 Å². The quantitative estimate of drug-likeness (QED) is 0.156. The first-order valence-corrected chi connectivity index (χ1v) is 21.9. The zero-order chi connectivity index (χ0) is 41.4. The molecule has 0 aliphatic carbocycles. The zero-order valence-corrected chi connectivity index (χ0v) is 35.3. The fraction of sp³-hybridized carbons (Fsp3) is 0.0645. The van der Waals surface area contributed by atoms with E-state index in [-0.39, 0.29) is 0 Å². The van der Waals surface area contributed by atoms with Gasteiger partial charge in [-0.25, -0.2) is 0 Å². The van der Waals surface area contributed by atoms with Crippen LogP contribution in [0.25, 0.3) is 131 Å². The predicted molar refractivity (Wildman–Crippen MR) is 270 cm³/mol. The van der Waals surface area contributed by atoms with Crippen LogP contribution in [-0.4, -0.2) is 0 Å². The molecule has 0 radical (unpaired) electrons. The summed E-state index contributed by atoms with van der Waals surface area (Å²) < 4.78 is 0. The van der Waals surface area contributed by atoms with E-state index in [1.54, 1.807) is 0 Å². The summed E-state index contributed by atoms with van der Waals surface area (Å²) in [5.41, 5.74) is 15.6. The van der Waals surface area contributed by atoms with Gasteiger partial charge in [0.05, 0.1) is 0 Å². The Morgan fingerprint density at radius 3 is 1.32 bits per heavy atom. The van der Waals surface area contributed by atoms with Gasteiger partial charge in [0.25, 0.3) is 0 Å². The second-order valence-corrected chi connectivity index (χ2v) is 17.7. The van der Waals surface area contributed by atoms with Gasteiger partial charge < -0.3 is 0 Å². The minimum absolute atomic E-state index is 1.24. The van der Waals surface area contributed by atoms with Gasteiger partial charge in [0.2, 0.25) is 0 Å². The molecule has 0 N–H and O–H groups in total. The van der Waals surface area contributed by atoms with Crippen molar-refractivity contribution in [2.75, 3.05) is 0 Å². The van der Waals surface area contributed by atoms with Crippen LogP contribution in [0.5, 0.6) is 0 Å². The zero-order valence-electron chi connectivity index (χ0n) is 35.3. The van der Waals surface area contributed by atoms with Crippen LogP contribution in [0.1, 0.15) is 22.3 Å². The van der Waals surface area contributed by atoms with E-state index in [9.17, 15) is 0 Å². The normalized spacial score (nSPS) is 12.2. The molecule has 0 amide bonds. The van der Waals surface area contributed by atoms with Crippen molar-refractivity contribution >= 4 is 86.2 Å². The molecular formula is C62H42. The molecule has 0 bridgehead atoms. The molecule has 0 aliphatic heterocycles. The third kappa shape index (κ3) is 4.78. The lowest BCUT2D eigenvalue weighted by Gasteiger charge is -2.19. The molecule has 13 rings (SSSR count). The SMILES string of the molecule is Cc1cccc(C)c1-c1ccc2cc3c4c(-c5ccccc5)c5c(cc6c7ccc(-c8c(C)cccc8C)cc7c7cccc5c76)c(-c5ccccc5)c4c4cccc(c2c1)c43. The summed E-state index contributed by atoms with van der Waals surface area (Å²) >= 11 is 0. The largest absolute Gasteiger partial charge is 0.0622 e. The molecule has 0 atom stereocenters. The minimum atomic E-state index is 1.24. The second kappa shape index (κ2) is 13.0. The molecule has 62 heavy (non-hydrogen) atoms. The van der Waals surface area contributed by atoms with Gasteiger partial charge >= 0.3 is 0 Å². The van der Waals surface area contributed by atoms with Gasteiger partial charge in [-0.15, -0.1) is 0 Å². The second-order valence-electron chi connectivity index (χ2n) is 17.7. The molecule has 0 saturated heterocycles. The minimum Gasteiger partial charge on any atom is -0.0622 e. The lowest BCUT2D eigenvalue weighted by molar-refractivity contribution is 1.38. The lowest BCUT2D eigenvalue weighted by Crippen LogP contribution is -1.91. The van der Waals surface area contributed by atoms with Crippen LogP contribution >= 0.6 is 0 Å². The summed E-state index contributed by atoms with van der Waals surface area (Å²) in [6.07, 6.45) is 0. The summed E-state index contributed by atoms with van der Waals surface area (Å²) in [4.78, 5) is 0. The standard InChI is InChI=1S/C62H42/c1-35-15-11-16-36(2)54(35)42-28-27-41-31-52-59-45(49(41)32-42)23-13-26-48(59)61-56(39-19-7-5-8-20-39)53-34-51-44-30-29-43(55-37(3)17-12-18-38(55)4)33-50(44)46-24-14-25-47(58(46)51)60(53)57(62(52)61)40-21-9-6-10-22-40/h5-34H,1-4H3. The third-order valence-corrected chi connectivity index (χ3v) is 14.2. The van der Waals surface area contributed by atoms with Crippen LogP contribution in [0.2, 0.25) is 0 Å². The molecule has 13 aromatic rings. The first-order chi connectivity index (χ1) is 30.4. The van der Waals surface area contributed by atoms with Gasteiger partial charge in [0.15, 0.2) is 0 Å². The van der Waals surface area contributed by atoms with Crippen molar-refractivity contribution in [3.63, 3.8) is 0 Å². The Hall–Kier alpha value is -7.54. The Balaban J connectivity index is 1.24. The highest BCUT2D eigenvalue weighted by Crippen LogP contribution is 2.55. The smallest absolute Gasteiger partial charge is 0.000697 e. The molecule has 0 aromatic heterocycles. The van der Waals surface area contributed by atoms with Crippen molar-refractivity contribution in [2.45, 2.75) is 27.7 Å². The van der Waals surface area contributed by atoms with Crippen molar-refractivity contribution < 1.29 is 0 Å². The lowest BCUT2D eigenvalue weighted by atomic mass is 9.84. The van der Waals surface area contributed by atoms with E-state index in [1.165, 1.54) is 153 Å². The highest BCUT2D eigenvalue weighted by Gasteiger charge is 2.27. The molecule has 0 heteroatoms. The van der Waals surface area contributed by atoms with Gasteiger partial charge in [0.1, 0.15) is 0 Å². The molecule has 0 fully saturated rings. The number of hydrogen-bond donors (Lipinski definition) is 0. The Bertz CT molecular complexity index is 3880. The van der Waals surface area contributed by atoms with E-state index >= 15 is 0 Å². The van der Waals surface area contributed by atoms with Gasteiger partial charge in [-0.05, 0) is 205 Å². The van der Waals surface area contributed by atoms with Gasteiger partial charge in [0, 0.05) is 0 Å². The summed E-state index contributed by atoms with van der Waals surface area (Å²) in [6, 6.07) is 69.1. The van der Waals surface area contributed by atoms with Crippen molar-refractivity contribution in [1.29, 1.82) is 0 Å². The van der Waals surface area contributed by atoms with Crippen molar-refractivity contribution in [1.82, 2.24) is 0 Å². The third-order valence-electron chi connectivity index (χ3n) is 14.2. The van der Waals surface area contributed by atoms with E-state index in [2.05, 4.69) is 210 Å². The fourth-order valence-electron chi connectivity index (χ4n) is 11.7. The summed E-state index contributed by atoms with van der Waals surface area (Å²) in [7, 11) is 0.